The number of amides is 2. The van der Waals surface area contributed by atoms with E-state index in [0.29, 0.717) is 35.1 Å². The van der Waals surface area contributed by atoms with E-state index in [9.17, 15) is 14.4 Å². The van der Waals surface area contributed by atoms with Gasteiger partial charge in [0.25, 0.3) is 11.1 Å². The third-order valence-corrected chi connectivity index (χ3v) is 4.01. The van der Waals surface area contributed by atoms with E-state index in [-0.39, 0.29) is 11.1 Å². The Hall–Kier alpha value is -2.48. The van der Waals surface area contributed by atoms with Crippen LogP contribution in [-0.2, 0) is 9.59 Å². The first-order valence-corrected chi connectivity index (χ1v) is 8.14. The predicted octanol–water partition coefficient (Wildman–Crippen LogP) is 2.60. The molecule has 2 amide bonds. The van der Waals surface area contributed by atoms with Crippen molar-refractivity contribution in [2.45, 2.75) is 13.8 Å². The standard InChI is InChI=1S/C16H17NO6S/c1-3-17-15(20)13(24-16(17)21)8-10-5-6-11(23-9-14(18)19)12(7-10)22-4-2/h5-8H,3-4,9H2,1-2H3,(H,18,19)/b13-8+. The first-order valence-electron chi connectivity index (χ1n) is 7.33. The fourth-order valence-electron chi connectivity index (χ4n) is 2.07. The van der Waals surface area contributed by atoms with E-state index in [1.807, 2.05) is 0 Å². The molecular weight excluding hydrogens is 334 g/mol. The molecule has 7 nitrogen and oxygen atoms in total. The molecule has 1 aliphatic rings. The SMILES string of the molecule is CCOc1cc(/C=C2/SC(=O)N(CC)C2=O)ccc1OCC(=O)O. The predicted molar refractivity (Wildman–Crippen MR) is 89.1 cm³/mol. The van der Waals surface area contributed by atoms with Gasteiger partial charge >= 0.3 is 5.97 Å². The van der Waals surface area contributed by atoms with Crippen LogP contribution in [-0.4, -0.2) is 46.9 Å². The van der Waals surface area contributed by atoms with Crippen molar-refractivity contribution in [2.75, 3.05) is 19.8 Å². The molecule has 2 rings (SSSR count). The highest BCUT2D eigenvalue weighted by molar-refractivity contribution is 8.18. The maximum Gasteiger partial charge on any atom is 0.341 e. The average Bonchev–Trinajstić information content (AvgIpc) is 2.80. The number of ether oxygens (including phenoxy) is 2. The highest BCUT2D eigenvalue weighted by Gasteiger charge is 2.33. The van der Waals surface area contributed by atoms with Crippen LogP contribution >= 0.6 is 11.8 Å². The Morgan fingerprint density at radius 3 is 2.58 bits per heavy atom. The number of hydrogen-bond acceptors (Lipinski definition) is 6. The van der Waals surface area contributed by atoms with Gasteiger partial charge in [0.15, 0.2) is 18.1 Å². The third kappa shape index (κ3) is 4.08. The summed E-state index contributed by atoms with van der Waals surface area (Å²) in [6, 6.07) is 4.88. The molecule has 1 fully saturated rings. The second kappa shape index (κ2) is 7.87. The van der Waals surface area contributed by atoms with Gasteiger partial charge < -0.3 is 14.6 Å². The van der Waals surface area contributed by atoms with Crippen molar-refractivity contribution in [1.29, 1.82) is 0 Å². The fraction of sp³-hybridized carbons (Fsp3) is 0.312. The number of nitrogens with zero attached hydrogens (tertiary/aromatic N) is 1. The van der Waals surface area contributed by atoms with Crippen LogP contribution in [0, 0.1) is 0 Å². The molecule has 1 heterocycles. The van der Waals surface area contributed by atoms with Gasteiger partial charge in [-0.05, 0) is 49.4 Å². The first kappa shape index (κ1) is 17.9. The van der Waals surface area contributed by atoms with Crippen LogP contribution in [0.5, 0.6) is 11.5 Å². The number of carbonyl (C=O) groups is 3. The molecular formula is C16H17NO6S. The number of likely N-dealkylation sites (N-methyl/N-ethyl adjacent to an activating group) is 1. The van der Waals surface area contributed by atoms with E-state index in [2.05, 4.69) is 0 Å². The topological polar surface area (TPSA) is 93.1 Å². The van der Waals surface area contributed by atoms with Crippen molar-refractivity contribution in [3.8, 4) is 11.5 Å². The Balaban J connectivity index is 2.26. The van der Waals surface area contributed by atoms with Crippen LogP contribution in [0.4, 0.5) is 4.79 Å². The number of aliphatic carboxylic acids is 1. The molecule has 1 N–H and O–H groups in total. The third-order valence-electron chi connectivity index (χ3n) is 3.11. The number of carbonyl (C=O) groups excluding carboxylic acids is 2. The number of hydrogen-bond donors (Lipinski definition) is 1. The van der Waals surface area contributed by atoms with Gasteiger partial charge in [-0.3, -0.25) is 14.5 Å². The van der Waals surface area contributed by atoms with Gasteiger partial charge in [0, 0.05) is 6.54 Å². The summed E-state index contributed by atoms with van der Waals surface area (Å²) in [6.07, 6.45) is 1.60. The summed E-state index contributed by atoms with van der Waals surface area (Å²) in [5.74, 6) is -0.730. The van der Waals surface area contributed by atoms with Gasteiger partial charge in [0.05, 0.1) is 11.5 Å². The van der Waals surface area contributed by atoms with Crippen LogP contribution in [0.15, 0.2) is 23.1 Å². The molecule has 1 aliphatic heterocycles. The number of carboxylic acids is 1. The van der Waals surface area contributed by atoms with Crippen LogP contribution in [0.25, 0.3) is 6.08 Å². The monoisotopic (exact) mass is 351 g/mol. The van der Waals surface area contributed by atoms with Gasteiger partial charge in [-0.2, -0.15) is 0 Å². The summed E-state index contributed by atoms with van der Waals surface area (Å²) < 4.78 is 10.6. The molecule has 0 unspecified atom stereocenters. The van der Waals surface area contributed by atoms with Crippen molar-refractivity contribution >= 4 is 35.0 Å². The summed E-state index contributed by atoms with van der Waals surface area (Å²) in [4.78, 5) is 35.9. The second-order valence-electron chi connectivity index (χ2n) is 4.75. The van der Waals surface area contributed by atoms with Crippen molar-refractivity contribution in [1.82, 2.24) is 4.90 Å². The number of imide groups is 1. The van der Waals surface area contributed by atoms with E-state index in [4.69, 9.17) is 14.6 Å². The molecule has 0 atom stereocenters. The molecule has 0 bridgehead atoms. The van der Waals surface area contributed by atoms with Gasteiger partial charge in [-0.25, -0.2) is 4.79 Å². The molecule has 24 heavy (non-hydrogen) atoms. The van der Waals surface area contributed by atoms with E-state index in [1.54, 1.807) is 38.1 Å². The van der Waals surface area contributed by atoms with E-state index >= 15 is 0 Å². The van der Waals surface area contributed by atoms with E-state index in [1.165, 1.54) is 4.90 Å². The van der Waals surface area contributed by atoms with Crippen molar-refractivity contribution in [3.63, 3.8) is 0 Å². The second-order valence-corrected chi connectivity index (χ2v) is 5.74. The lowest BCUT2D eigenvalue weighted by Crippen LogP contribution is -2.27. The minimum absolute atomic E-state index is 0.291. The smallest absolute Gasteiger partial charge is 0.341 e. The van der Waals surface area contributed by atoms with Crippen LogP contribution in [0.1, 0.15) is 19.4 Å². The molecule has 0 spiro atoms. The normalized spacial score (nSPS) is 15.9. The first-order chi connectivity index (χ1) is 11.5. The molecule has 128 valence electrons. The van der Waals surface area contributed by atoms with Gasteiger partial charge in [0.1, 0.15) is 0 Å². The summed E-state index contributed by atoms with van der Waals surface area (Å²) in [6.45, 7) is 3.75. The summed E-state index contributed by atoms with van der Waals surface area (Å²) in [5.41, 5.74) is 0.655. The van der Waals surface area contributed by atoms with Gasteiger partial charge in [-0.15, -0.1) is 0 Å². The Morgan fingerprint density at radius 1 is 1.25 bits per heavy atom. The minimum atomic E-state index is -1.09. The quantitative estimate of drug-likeness (QED) is 0.755. The average molecular weight is 351 g/mol. The van der Waals surface area contributed by atoms with Crippen molar-refractivity contribution in [3.05, 3.63) is 28.7 Å². The Labute approximate surface area is 143 Å². The van der Waals surface area contributed by atoms with Gasteiger partial charge in [-0.1, -0.05) is 6.07 Å². The summed E-state index contributed by atoms with van der Waals surface area (Å²) in [7, 11) is 0. The largest absolute Gasteiger partial charge is 0.490 e. The Morgan fingerprint density at radius 2 is 2.00 bits per heavy atom. The molecule has 8 heteroatoms. The van der Waals surface area contributed by atoms with Gasteiger partial charge in [0.2, 0.25) is 0 Å². The zero-order chi connectivity index (χ0) is 17.7. The lowest BCUT2D eigenvalue weighted by Gasteiger charge is -2.11. The highest BCUT2D eigenvalue weighted by Crippen LogP contribution is 2.34. The molecule has 1 aromatic rings. The van der Waals surface area contributed by atoms with Crippen molar-refractivity contribution < 1.29 is 29.0 Å². The Kier molecular flexibility index (Phi) is 5.86. The molecule has 0 aromatic heterocycles. The fourth-order valence-corrected chi connectivity index (χ4v) is 2.97. The molecule has 0 aliphatic carbocycles. The highest BCUT2D eigenvalue weighted by atomic mass is 32.2. The lowest BCUT2D eigenvalue weighted by molar-refractivity contribution is -0.139. The van der Waals surface area contributed by atoms with E-state index in [0.717, 1.165) is 11.8 Å². The van der Waals surface area contributed by atoms with Crippen LogP contribution < -0.4 is 9.47 Å². The number of benzene rings is 1. The molecule has 1 aromatic carbocycles. The summed E-state index contributed by atoms with van der Waals surface area (Å²) in [5, 5.41) is 8.40. The lowest BCUT2D eigenvalue weighted by atomic mass is 10.2. The van der Waals surface area contributed by atoms with Crippen LogP contribution in [0.3, 0.4) is 0 Å². The zero-order valence-corrected chi connectivity index (χ0v) is 14.1. The molecule has 0 saturated carbocycles. The van der Waals surface area contributed by atoms with E-state index < -0.39 is 12.6 Å². The number of carboxylic acid groups (broad SMARTS) is 1. The number of thioether (sulfide) groups is 1. The molecule has 0 radical (unpaired) electrons. The maximum atomic E-state index is 12.1. The Bertz CT molecular complexity index is 700. The van der Waals surface area contributed by atoms with Crippen molar-refractivity contribution in [2.24, 2.45) is 0 Å². The molecule has 1 saturated heterocycles. The number of rotatable bonds is 7. The maximum absolute atomic E-state index is 12.1. The minimum Gasteiger partial charge on any atom is -0.490 e. The van der Waals surface area contributed by atoms with Crippen LogP contribution in [0.2, 0.25) is 0 Å². The summed E-state index contributed by atoms with van der Waals surface area (Å²) >= 11 is 0.888. The zero-order valence-electron chi connectivity index (χ0n) is 13.3.